The van der Waals surface area contributed by atoms with Crippen LogP contribution < -0.4 is 10.1 Å². The van der Waals surface area contributed by atoms with Crippen LogP contribution in [0.1, 0.15) is 35.1 Å². The molecule has 0 heterocycles. The van der Waals surface area contributed by atoms with Gasteiger partial charge in [0.1, 0.15) is 11.5 Å². The molecule has 2 aromatic rings. The van der Waals surface area contributed by atoms with Crippen molar-refractivity contribution in [1.29, 1.82) is 0 Å². The Labute approximate surface area is 147 Å². The molecule has 5 nitrogen and oxygen atoms in total. The minimum atomic E-state index is -0.974. The molecular weight excluding hydrogens is 318 g/mol. The van der Waals surface area contributed by atoms with Gasteiger partial charge in [-0.25, -0.2) is 0 Å². The molecule has 0 aliphatic carbocycles. The monoisotopic (exact) mass is 341 g/mol. The maximum atomic E-state index is 11.5. The second-order valence-electron chi connectivity index (χ2n) is 6.07. The summed E-state index contributed by atoms with van der Waals surface area (Å²) < 4.78 is 6.01. The van der Waals surface area contributed by atoms with Crippen LogP contribution in [0.3, 0.4) is 0 Å². The summed E-state index contributed by atoms with van der Waals surface area (Å²) in [5, 5.41) is 11.3. The summed E-state index contributed by atoms with van der Waals surface area (Å²) in [4.78, 5) is 22.0. The Morgan fingerprint density at radius 1 is 0.960 bits per heavy atom. The Morgan fingerprint density at radius 2 is 1.60 bits per heavy atom. The fraction of sp³-hybridized carbons (Fsp3) is 0.300. The number of amides is 1. The Balaban J connectivity index is 1.95. The van der Waals surface area contributed by atoms with E-state index in [0.717, 1.165) is 28.2 Å². The number of carbonyl (C=O) groups is 2. The van der Waals surface area contributed by atoms with Crippen molar-refractivity contribution in [3.8, 4) is 11.5 Å². The van der Waals surface area contributed by atoms with Gasteiger partial charge in [-0.2, -0.15) is 0 Å². The lowest BCUT2D eigenvalue weighted by Gasteiger charge is -2.14. The second kappa shape index (κ2) is 8.33. The number of benzene rings is 2. The van der Waals surface area contributed by atoms with Gasteiger partial charge in [-0.05, 0) is 55.2 Å². The van der Waals surface area contributed by atoms with Crippen molar-refractivity contribution in [2.45, 2.75) is 40.2 Å². The van der Waals surface area contributed by atoms with Crippen molar-refractivity contribution in [2.75, 3.05) is 0 Å². The summed E-state index contributed by atoms with van der Waals surface area (Å²) in [6.07, 6.45) is -0.170. The zero-order chi connectivity index (χ0) is 18.4. The van der Waals surface area contributed by atoms with E-state index in [0.29, 0.717) is 6.54 Å². The third-order valence-corrected chi connectivity index (χ3v) is 4.07. The highest BCUT2D eigenvalue weighted by atomic mass is 16.5. The fourth-order valence-electron chi connectivity index (χ4n) is 2.39. The molecule has 0 aromatic heterocycles. The zero-order valence-corrected chi connectivity index (χ0v) is 14.8. The summed E-state index contributed by atoms with van der Waals surface area (Å²) in [5.74, 6) is 0.361. The van der Waals surface area contributed by atoms with Gasteiger partial charge in [-0.3, -0.25) is 9.59 Å². The van der Waals surface area contributed by atoms with Crippen molar-refractivity contribution in [2.24, 2.45) is 0 Å². The topological polar surface area (TPSA) is 75.6 Å². The van der Waals surface area contributed by atoms with Crippen molar-refractivity contribution in [3.63, 3.8) is 0 Å². The van der Waals surface area contributed by atoms with E-state index in [2.05, 4.69) is 18.3 Å². The van der Waals surface area contributed by atoms with Crippen LogP contribution in [0.5, 0.6) is 11.5 Å². The van der Waals surface area contributed by atoms with Crippen LogP contribution in [0.2, 0.25) is 0 Å². The van der Waals surface area contributed by atoms with Gasteiger partial charge in [0.2, 0.25) is 5.91 Å². The number of hydrogen-bond donors (Lipinski definition) is 2. The number of carboxylic acid groups (broad SMARTS) is 1. The van der Waals surface area contributed by atoms with Gasteiger partial charge in [-0.15, -0.1) is 0 Å². The number of carboxylic acids is 1. The van der Waals surface area contributed by atoms with E-state index < -0.39 is 5.97 Å². The number of rotatable bonds is 7. The molecule has 0 radical (unpaired) electrons. The van der Waals surface area contributed by atoms with E-state index in [1.807, 2.05) is 44.2 Å². The molecule has 2 aromatic carbocycles. The number of aryl methyl sites for hydroxylation is 2. The molecule has 132 valence electrons. The van der Waals surface area contributed by atoms with Crippen LogP contribution in [0.15, 0.2) is 36.4 Å². The average Bonchev–Trinajstić information content (AvgIpc) is 2.59. The van der Waals surface area contributed by atoms with Crippen molar-refractivity contribution in [3.05, 3.63) is 58.7 Å². The molecule has 2 N–H and O–H groups in total. The Bertz CT molecular complexity index is 766. The molecule has 0 aliphatic heterocycles. The molecule has 0 atom stereocenters. The van der Waals surface area contributed by atoms with E-state index in [1.165, 1.54) is 5.56 Å². The smallest absolute Gasteiger partial charge is 0.303 e. The first kappa shape index (κ1) is 18.5. The van der Waals surface area contributed by atoms with Gasteiger partial charge in [-0.1, -0.05) is 24.3 Å². The van der Waals surface area contributed by atoms with E-state index in [9.17, 15) is 9.59 Å². The van der Waals surface area contributed by atoms with Crippen molar-refractivity contribution in [1.82, 2.24) is 5.32 Å². The standard InChI is InChI=1S/C20H23NO4/c1-13-4-5-14(2)20(15(13)3)25-17-8-6-16(7-9-17)12-21-18(22)10-11-19(23)24/h4-9H,10-12H2,1-3H3,(H,21,22)(H,23,24). The van der Waals surface area contributed by atoms with E-state index in [1.54, 1.807) is 0 Å². The first-order valence-electron chi connectivity index (χ1n) is 8.19. The minimum absolute atomic E-state index is 0.0115. The van der Waals surface area contributed by atoms with Gasteiger partial charge < -0.3 is 15.2 Å². The van der Waals surface area contributed by atoms with Crippen LogP contribution in [0.25, 0.3) is 0 Å². The lowest BCUT2D eigenvalue weighted by Crippen LogP contribution is -2.23. The predicted molar refractivity (Wildman–Crippen MR) is 95.9 cm³/mol. The fourth-order valence-corrected chi connectivity index (χ4v) is 2.39. The molecular formula is C20H23NO4. The number of nitrogens with one attached hydrogen (secondary N) is 1. The molecule has 0 saturated carbocycles. The highest BCUT2D eigenvalue weighted by Gasteiger charge is 2.08. The quantitative estimate of drug-likeness (QED) is 0.801. The molecule has 0 spiro atoms. The van der Waals surface area contributed by atoms with Gasteiger partial charge in [0.05, 0.1) is 6.42 Å². The zero-order valence-electron chi connectivity index (χ0n) is 14.8. The Hall–Kier alpha value is -2.82. The van der Waals surface area contributed by atoms with Crippen LogP contribution in [0, 0.1) is 20.8 Å². The molecule has 1 amide bonds. The average molecular weight is 341 g/mol. The van der Waals surface area contributed by atoms with Gasteiger partial charge in [0.15, 0.2) is 0 Å². The summed E-state index contributed by atoms with van der Waals surface area (Å²) in [6.45, 7) is 6.47. The second-order valence-corrected chi connectivity index (χ2v) is 6.07. The highest BCUT2D eigenvalue weighted by Crippen LogP contribution is 2.30. The van der Waals surface area contributed by atoms with E-state index in [-0.39, 0.29) is 18.7 Å². The molecule has 25 heavy (non-hydrogen) atoms. The molecule has 0 unspecified atom stereocenters. The molecule has 5 heteroatoms. The van der Waals surface area contributed by atoms with Gasteiger partial charge >= 0.3 is 5.97 Å². The van der Waals surface area contributed by atoms with Crippen LogP contribution >= 0.6 is 0 Å². The third-order valence-electron chi connectivity index (χ3n) is 4.07. The van der Waals surface area contributed by atoms with E-state index in [4.69, 9.17) is 9.84 Å². The summed E-state index contributed by atoms with van der Waals surface area (Å²) in [7, 11) is 0. The normalized spacial score (nSPS) is 10.4. The first-order valence-corrected chi connectivity index (χ1v) is 8.19. The van der Waals surface area contributed by atoms with E-state index >= 15 is 0 Å². The lowest BCUT2D eigenvalue weighted by molar-refractivity contribution is -0.138. The summed E-state index contributed by atoms with van der Waals surface area (Å²) >= 11 is 0. The SMILES string of the molecule is Cc1ccc(C)c(Oc2ccc(CNC(=O)CCC(=O)O)cc2)c1C. The number of hydrogen-bond acceptors (Lipinski definition) is 3. The van der Waals surface area contributed by atoms with Crippen molar-refractivity contribution < 1.29 is 19.4 Å². The van der Waals surface area contributed by atoms with Crippen LogP contribution in [-0.2, 0) is 16.1 Å². The molecule has 0 aliphatic rings. The Morgan fingerprint density at radius 3 is 2.24 bits per heavy atom. The highest BCUT2D eigenvalue weighted by molar-refractivity contribution is 5.80. The molecule has 2 rings (SSSR count). The Kier molecular flexibility index (Phi) is 6.17. The number of aliphatic carboxylic acids is 1. The third kappa shape index (κ3) is 5.35. The predicted octanol–water partition coefficient (Wildman–Crippen LogP) is 3.89. The maximum Gasteiger partial charge on any atom is 0.303 e. The molecule has 0 bridgehead atoms. The summed E-state index contributed by atoms with van der Waals surface area (Å²) in [5.41, 5.74) is 4.31. The number of ether oxygens (including phenoxy) is 1. The largest absolute Gasteiger partial charge is 0.481 e. The van der Waals surface area contributed by atoms with Gasteiger partial charge in [0.25, 0.3) is 0 Å². The molecule has 0 fully saturated rings. The first-order chi connectivity index (χ1) is 11.9. The number of carbonyl (C=O) groups excluding carboxylic acids is 1. The maximum absolute atomic E-state index is 11.5. The summed E-state index contributed by atoms with van der Waals surface area (Å²) in [6, 6.07) is 11.6. The molecule has 0 saturated heterocycles. The minimum Gasteiger partial charge on any atom is -0.481 e. The lowest BCUT2D eigenvalue weighted by atomic mass is 10.1. The van der Waals surface area contributed by atoms with Gasteiger partial charge in [0, 0.05) is 13.0 Å². The van der Waals surface area contributed by atoms with Crippen molar-refractivity contribution >= 4 is 11.9 Å². The van der Waals surface area contributed by atoms with Crippen LogP contribution in [-0.4, -0.2) is 17.0 Å². The van der Waals surface area contributed by atoms with Crippen LogP contribution in [0.4, 0.5) is 0 Å².